The van der Waals surface area contributed by atoms with E-state index >= 15 is 0 Å². The van der Waals surface area contributed by atoms with E-state index in [1.165, 1.54) is 12.1 Å². The van der Waals surface area contributed by atoms with E-state index in [4.69, 9.17) is 5.11 Å². The van der Waals surface area contributed by atoms with Crippen molar-refractivity contribution < 1.29 is 18.3 Å². The first-order chi connectivity index (χ1) is 7.04. The molecule has 0 aliphatic heterocycles. The Labute approximate surface area is 92.5 Å². The number of benzene rings is 1. The first-order valence-corrected chi connectivity index (χ1v) is 6.52. The number of hydrogen-bond acceptors (Lipinski definition) is 1. The van der Waals surface area contributed by atoms with Crippen LogP contribution in [0.5, 0.6) is 0 Å². The van der Waals surface area contributed by atoms with Gasteiger partial charge in [0.25, 0.3) is 0 Å². The van der Waals surface area contributed by atoms with Crippen LogP contribution in [0.2, 0.25) is 5.32 Å². The van der Waals surface area contributed by atoms with Gasteiger partial charge in [0.15, 0.2) is 0 Å². The summed E-state index contributed by atoms with van der Waals surface area (Å²) in [7, 11) is 0. The van der Waals surface area contributed by atoms with Gasteiger partial charge in [0.2, 0.25) is 0 Å². The third-order valence-electron chi connectivity index (χ3n) is 1.75. The molecule has 0 fully saturated rings. The van der Waals surface area contributed by atoms with E-state index in [0.717, 1.165) is 21.9 Å². The molecule has 0 unspecified atom stereocenters. The van der Waals surface area contributed by atoms with E-state index in [1.807, 2.05) is 0 Å². The van der Waals surface area contributed by atoms with Crippen LogP contribution in [0.15, 0.2) is 24.3 Å². The number of aliphatic hydroxyl groups excluding tert-OH is 1. The monoisotopic (exact) mass is 284 g/mol. The maximum atomic E-state index is 12.2. The Kier molecular flexibility index (Phi) is 4.64. The van der Waals surface area contributed by atoms with Gasteiger partial charge in [-0.15, -0.1) is 0 Å². The van der Waals surface area contributed by atoms with Gasteiger partial charge in [-0.25, -0.2) is 0 Å². The molecule has 0 heterocycles. The molecule has 0 spiro atoms. The minimum atomic E-state index is -4.25. The van der Waals surface area contributed by atoms with Crippen LogP contribution in [0, 0.1) is 0 Å². The maximum absolute atomic E-state index is 12.2. The van der Waals surface area contributed by atoms with Gasteiger partial charge < -0.3 is 0 Å². The molecule has 5 heteroatoms. The second-order valence-electron chi connectivity index (χ2n) is 2.95. The first-order valence-electron chi connectivity index (χ1n) is 4.45. The first kappa shape index (κ1) is 12.6. The van der Waals surface area contributed by atoms with Gasteiger partial charge in [0, 0.05) is 0 Å². The third-order valence-corrected chi connectivity index (χ3v) is 4.06. The molecule has 0 aliphatic carbocycles. The summed E-state index contributed by atoms with van der Waals surface area (Å²) in [6, 6.07) is 5.24. The Morgan fingerprint density at radius 1 is 1.13 bits per heavy atom. The van der Waals surface area contributed by atoms with E-state index < -0.39 is 11.7 Å². The fourth-order valence-electron chi connectivity index (χ4n) is 0.995. The van der Waals surface area contributed by atoms with E-state index in [0.29, 0.717) is 6.42 Å². The standard InChI is InChI=1S/C10H11F3OSe/c11-10(12,13)8-2-4-9(5-3-8)15-7-1-6-14/h2-5,14H,1,6-7H2. The van der Waals surface area contributed by atoms with Crippen LogP contribution < -0.4 is 4.46 Å². The molecule has 1 N–H and O–H groups in total. The van der Waals surface area contributed by atoms with Crippen LogP contribution in [-0.4, -0.2) is 26.7 Å². The van der Waals surface area contributed by atoms with Crippen molar-refractivity contribution in [2.45, 2.75) is 17.9 Å². The van der Waals surface area contributed by atoms with Crippen molar-refractivity contribution in [2.75, 3.05) is 6.61 Å². The van der Waals surface area contributed by atoms with E-state index in [1.54, 1.807) is 0 Å². The summed E-state index contributed by atoms with van der Waals surface area (Å²) in [5, 5.41) is 9.41. The summed E-state index contributed by atoms with van der Waals surface area (Å²) in [5.74, 6) is 0. The molecule has 0 radical (unpaired) electrons. The van der Waals surface area contributed by atoms with Crippen molar-refractivity contribution in [3.8, 4) is 0 Å². The number of hydrogen-bond donors (Lipinski definition) is 1. The zero-order valence-electron chi connectivity index (χ0n) is 7.92. The average molecular weight is 283 g/mol. The molecule has 0 aliphatic rings. The summed E-state index contributed by atoms with van der Waals surface area (Å²) in [6.45, 7) is 0.141. The molecule has 0 saturated heterocycles. The van der Waals surface area contributed by atoms with Gasteiger partial charge in [0.1, 0.15) is 0 Å². The van der Waals surface area contributed by atoms with Crippen LogP contribution >= 0.6 is 0 Å². The summed E-state index contributed by atoms with van der Waals surface area (Å²) in [4.78, 5) is 0. The molecule has 0 saturated carbocycles. The van der Waals surface area contributed by atoms with Crippen LogP contribution in [0.1, 0.15) is 12.0 Å². The fraction of sp³-hybridized carbons (Fsp3) is 0.400. The predicted octanol–water partition coefficient (Wildman–Crippen LogP) is 1.84. The third kappa shape index (κ3) is 4.24. The second-order valence-corrected chi connectivity index (χ2v) is 5.40. The van der Waals surface area contributed by atoms with Crippen molar-refractivity contribution in [3.63, 3.8) is 0 Å². The van der Waals surface area contributed by atoms with Crippen LogP contribution in [0.4, 0.5) is 13.2 Å². The van der Waals surface area contributed by atoms with Gasteiger partial charge in [-0.3, -0.25) is 0 Å². The number of alkyl halides is 3. The molecule has 1 nitrogen and oxygen atoms in total. The molecule has 0 bridgehead atoms. The van der Waals surface area contributed by atoms with Crippen LogP contribution in [0.3, 0.4) is 0 Å². The molecule has 0 atom stereocenters. The molecule has 15 heavy (non-hydrogen) atoms. The molecule has 0 amide bonds. The Morgan fingerprint density at radius 3 is 2.20 bits per heavy atom. The summed E-state index contributed by atoms with van der Waals surface area (Å²) in [5.41, 5.74) is -0.607. The van der Waals surface area contributed by atoms with Gasteiger partial charge >= 0.3 is 92.0 Å². The Morgan fingerprint density at radius 2 is 1.73 bits per heavy atom. The molecular weight excluding hydrogens is 272 g/mol. The van der Waals surface area contributed by atoms with Crippen molar-refractivity contribution in [2.24, 2.45) is 0 Å². The predicted molar refractivity (Wildman–Crippen MR) is 53.3 cm³/mol. The van der Waals surface area contributed by atoms with E-state index in [9.17, 15) is 13.2 Å². The average Bonchev–Trinajstić information content (AvgIpc) is 2.18. The van der Waals surface area contributed by atoms with Crippen molar-refractivity contribution in [1.29, 1.82) is 0 Å². The second kappa shape index (κ2) is 5.54. The summed E-state index contributed by atoms with van der Waals surface area (Å²) < 4.78 is 37.5. The van der Waals surface area contributed by atoms with E-state index in [2.05, 4.69) is 0 Å². The fourth-order valence-corrected chi connectivity index (χ4v) is 2.75. The Bertz CT molecular complexity index is 295. The molecular formula is C10H11F3OSe. The van der Waals surface area contributed by atoms with Crippen molar-refractivity contribution in [3.05, 3.63) is 29.8 Å². The normalized spacial score (nSPS) is 11.7. The van der Waals surface area contributed by atoms with Gasteiger partial charge in [0.05, 0.1) is 0 Å². The van der Waals surface area contributed by atoms with Gasteiger partial charge in [-0.2, -0.15) is 0 Å². The van der Waals surface area contributed by atoms with E-state index in [-0.39, 0.29) is 21.6 Å². The summed E-state index contributed by atoms with van der Waals surface area (Å²) >= 11 is 0.160. The zero-order valence-corrected chi connectivity index (χ0v) is 9.63. The van der Waals surface area contributed by atoms with Gasteiger partial charge in [-0.05, 0) is 0 Å². The van der Waals surface area contributed by atoms with Crippen molar-refractivity contribution in [1.82, 2.24) is 0 Å². The van der Waals surface area contributed by atoms with Crippen LogP contribution in [0.25, 0.3) is 0 Å². The Hall–Kier alpha value is -0.511. The zero-order chi connectivity index (χ0) is 11.3. The number of halogens is 3. The number of rotatable bonds is 4. The SMILES string of the molecule is OCCC[Se]c1ccc(C(F)(F)F)cc1. The topological polar surface area (TPSA) is 20.2 Å². The quantitative estimate of drug-likeness (QED) is 0.660. The van der Waals surface area contributed by atoms with Gasteiger partial charge in [-0.1, -0.05) is 0 Å². The molecule has 84 valence electrons. The van der Waals surface area contributed by atoms with Crippen molar-refractivity contribution >= 4 is 19.4 Å². The van der Waals surface area contributed by atoms with Crippen LogP contribution in [-0.2, 0) is 6.18 Å². The molecule has 1 aromatic carbocycles. The summed E-state index contributed by atoms with van der Waals surface area (Å²) in [6.07, 6.45) is -3.54. The molecule has 1 aromatic rings. The molecule has 1 rings (SSSR count). The number of aliphatic hydroxyl groups is 1. The Balaban J connectivity index is 2.57. The molecule has 0 aromatic heterocycles. The minimum absolute atomic E-state index is 0.141.